The Bertz CT molecular complexity index is 282. The van der Waals surface area contributed by atoms with Crippen molar-refractivity contribution in [3.8, 4) is 0 Å². The molecule has 0 N–H and O–H groups in total. The van der Waals surface area contributed by atoms with Crippen molar-refractivity contribution >= 4 is 0 Å². The first-order chi connectivity index (χ1) is 7.29. The van der Waals surface area contributed by atoms with Gasteiger partial charge >= 0.3 is 0 Å². The van der Waals surface area contributed by atoms with Crippen LogP contribution in [-0.4, -0.2) is 13.9 Å². The molecule has 0 amide bonds. The lowest BCUT2D eigenvalue weighted by Crippen LogP contribution is -2.13. The zero-order valence-corrected chi connectivity index (χ0v) is 9.35. The van der Waals surface area contributed by atoms with Crippen molar-refractivity contribution in [1.29, 1.82) is 0 Å². The number of ether oxygens (including phenoxy) is 2. The Morgan fingerprint density at radius 2 is 2.00 bits per heavy atom. The summed E-state index contributed by atoms with van der Waals surface area (Å²) in [6.07, 6.45) is 1.91. The highest BCUT2D eigenvalue weighted by atomic mass is 16.7. The van der Waals surface area contributed by atoms with Crippen LogP contribution in [0.2, 0.25) is 0 Å². The normalized spacial score (nSPS) is 14.5. The molecule has 0 bridgehead atoms. The summed E-state index contributed by atoms with van der Waals surface area (Å²) in [5, 5.41) is 0. The van der Waals surface area contributed by atoms with Crippen molar-refractivity contribution in [1.82, 2.24) is 0 Å². The molecule has 15 heavy (non-hydrogen) atoms. The number of methoxy groups -OCH3 is 1. The molecule has 0 aromatic heterocycles. The quantitative estimate of drug-likeness (QED) is 0.525. The molecule has 0 unspecified atom stereocenters. The number of hydrogen-bond acceptors (Lipinski definition) is 2. The molecule has 0 heterocycles. The SMILES string of the molecule is C=C[C@H](C)[C@@H](OCOC)c1ccccc1. The molecular formula is C13H18O2. The maximum absolute atomic E-state index is 5.64. The van der Waals surface area contributed by atoms with Gasteiger partial charge < -0.3 is 9.47 Å². The molecule has 2 nitrogen and oxygen atoms in total. The molecule has 0 radical (unpaired) electrons. The Hall–Kier alpha value is -1.12. The van der Waals surface area contributed by atoms with Gasteiger partial charge in [-0.05, 0) is 5.56 Å². The van der Waals surface area contributed by atoms with E-state index in [4.69, 9.17) is 9.47 Å². The lowest BCUT2D eigenvalue weighted by Gasteiger charge is -2.21. The highest BCUT2D eigenvalue weighted by molar-refractivity contribution is 5.19. The maximum atomic E-state index is 5.64. The third-order valence-electron chi connectivity index (χ3n) is 2.34. The summed E-state index contributed by atoms with van der Waals surface area (Å²) in [6, 6.07) is 10.1. The minimum Gasteiger partial charge on any atom is -0.359 e. The van der Waals surface area contributed by atoms with Gasteiger partial charge in [0.05, 0.1) is 6.10 Å². The van der Waals surface area contributed by atoms with Crippen molar-refractivity contribution in [3.63, 3.8) is 0 Å². The molecule has 0 saturated carbocycles. The van der Waals surface area contributed by atoms with Crippen LogP contribution >= 0.6 is 0 Å². The van der Waals surface area contributed by atoms with E-state index >= 15 is 0 Å². The molecule has 0 saturated heterocycles. The van der Waals surface area contributed by atoms with Crippen LogP contribution in [0.4, 0.5) is 0 Å². The van der Waals surface area contributed by atoms with Crippen LogP contribution < -0.4 is 0 Å². The van der Waals surface area contributed by atoms with Gasteiger partial charge in [0.1, 0.15) is 6.79 Å². The molecule has 2 atom stereocenters. The van der Waals surface area contributed by atoms with E-state index in [1.165, 1.54) is 0 Å². The predicted octanol–water partition coefficient (Wildman–Crippen LogP) is 3.17. The summed E-state index contributed by atoms with van der Waals surface area (Å²) in [5.74, 6) is 0.266. The molecule has 82 valence electrons. The Morgan fingerprint density at radius 1 is 1.33 bits per heavy atom. The van der Waals surface area contributed by atoms with E-state index < -0.39 is 0 Å². The molecule has 2 heteroatoms. The molecule has 1 aromatic rings. The molecule has 0 aliphatic rings. The topological polar surface area (TPSA) is 18.5 Å². The average molecular weight is 206 g/mol. The van der Waals surface area contributed by atoms with Crippen LogP contribution in [-0.2, 0) is 9.47 Å². The average Bonchev–Trinajstić information content (AvgIpc) is 2.30. The minimum atomic E-state index is 0.0173. The molecular weight excluding hydrogens is 188 g/mol. The summed E-state index contributed by atoms with van der Waals surface area (Å²) in [4.78, 5) is 0. The molecule has 0 fully saturated rings. The number of benzene rings is 1. The lowest BCUT2D eigenvalue weighted by molar-refractivity contribution is -0.0848. The first-order valence-electron chi connectivity index (χ1n) is 5.07. The van der Waals surface area contributed by atoms with Crippen LogP contribution in [0.1, 0.15) is 18.6 Å². The van der Waals surface area contributed by atoms with Crippen LogP contribution in [0.15, 0.2) is 43.0 Å². The fourth-order valence-electron chi connectivity index (χ4n) is 1.46. The molecule has 1 aromatic carbocycles. The van der Waals surface area contributed by atoms with Crippen molar-refractivity contribution in [2.24, 2.45) is 5.92 Å². The van der Waals surface area contributed by atoms with Gasteiger partial charge in [0.2, 0.25) is 0 Å². The Labute approximate surface area is 91.5 Å². The van der Waals surface area contributed by atoms with E-state index in [2.05, 4.69) is 25.6 Å². The van der Waals surface area contributed by atoms with Crippen molar-refractivity contribution in [3.05, 3.63) is 48.6 Å². The summed E-state index contributed by atoms with van der Waals surface area (Å²) in [6.45, 7) is 6.18. The Balaban J connectivity index is 2.76. The summed E-state index contributed by atoms with van der Waals surface area (Å²) in [7, 11) is 1.63. The highest BCUT2D eigenvalue weighted by Gasteiger charge is 2.16. The van der Waals surface area contributed by atoms with Crippen LogP contribution in [0, 0.1) is 5.92 Å². The zero-order valence-electron chi connectivity index (χ0n) is 9.35. The zero-order chi connectivity index (χ0) is 11.1. The summed E-state index contributed by atoms with van der Waals surface area (Å²) in [5.41, 5.74) is 1.15. The van der Waals surface area contributed by atoms with Gasteiger partial charge in [-0.25, -0.2) is 0 Å². The molecule has 0 spiro atoms. The maximum Gasteiger partial charge on any atom is 0.147 e. The third-order valence-corrected chi connectivity index (χ3v) is 2.34. The molecule has 0 aliphatic carbocycles. The van der Waals surface area contributed by atoms with Gasteiger partial charge in [0.15, 0.2) is 0 Å². The first-order valence-corrected chi connectivity index (χ1v) is 5.07. The van der Waals surface area contributed by atoms with Gasteiger partial charge in [-0.3, -0.25) is 0 Å². The second kappa shape index (κ2) is 6.38. The van der Waals surface area contributed by atoms with Crippen LogP contribution in [0.3, 0.4) is 0 Å². The Kier molecular flexibility index (Phi) is 5.08. The van der Waals surface area contributed by atoms with E-state index in [1.807, 2.05) is 24.3 Å². The lowest BCUT2D eigenvalue weighted by atomic mass is 9.97. The van der Waals surface area contributed by atoms with Gasteiger partial charge in [0.25, 0.3) is 0 Å². The fraction of sp³-hybridized carbons (Fsp3) is 0.385. The van der Waals surface area contributed by atoms with Gasteiger partial charge in [-0.2, -0.15) is 0 Å². The number of hydrogen-bond donors (Lipinski definition) is 0. The van der Waals surface area contributed by atoms with E-state index in [1.54, 1.807) is 7.11 Å². The second-order valence-corrected chi connectivity index (χ2v) is 3.50. The predicted molar refractivity (Wildman–Crippen MR) is 61.5 cm³/mol. The van der Waals surface area contributed by atoms with Crippen LogP contribution in [0.25, 0.3) is 0 Å². The van der Waals surface area contributed by atoms with E-state index in [0.717, 1.165) is 5.56 Å². The molecule has 0 aliphatic heterocycles. The van der Waals surface area contributed by atoms with E-state index in [-0.39, 0.29) is 12.0 Å². The second-order valence-electron chi connectivity index (χ2n) is 3.50. The highest BCUT2D eigenvalue weighted by Crippen LogP contribution is 2.26. The molecule has 1 rings (SSSR count). The fourth-order valence-corrected chi connectivity index (χ4v) is 1.46. The van der Waals surface area contributed by atoms with E-state index in [9.17, 15) is 0 Å². The van der Waals surface area contributed by atoms with E-state index in [0.29, 0.717) is 6.79 Å². The summed E-state index contributed by atoms with van der Waals surface area (Å²) >= 11 is 0. The number of rotatable bonds is 6. The standard InChI is InChI=1S/C13H18O2/c1-4-11(2)13(15-10-14-3)12-8-6-5-7-9-12/h4-9,11,13H,1,10H2,2-3H3/t11-,13+/m0/s1. The first kappa shape index (κ1) is 12.0. The summed E-state index contributed by atoms with van der Waals surface area (Å²) < 4.78 is 10.6. The Morgan fingerprint density at radius 3 is 2.53 bits per heavy atom. The van der Waals surface area contributed by atoms with Gasteiger partial charge in [-0.1, -0.05) is 43.3 Å². The largest absolute Gasteiger partial charge is 0.359 e. The van der Waals surface area contributed by atoms with Crippen LogP contribution in [0.5, 0.6) is 0 Å². The van der Waals surface area contributed by atoms with Gasteiger partial charge in [0, 0.05) is 13.0 Å². The monoisotopic (exact) mass is 206 g/mol. The minimum absolute atomic E-state index is 0.0173. The van der Waals surface area contributed by atoms with Crippen molar-refractivity contribution in [2.75, 3.05) is 13.9 Å². The van der Waals surface area contributed by atoms with Gasteiger partial charge in [-0.15, -0.1) is 6.58 Å². The van der Waals surface area contributed by atoms with Crippen molar-refractivity contribution in [2.45, 2.75) is 13.0 Å². The third kappa shape index (κ3) is 3.50. The smallest absolute Gasteiger partial charge is 0.147 e. The van der Waals surface area contributed by atoms with Crippen molar-refractivity contribution < 1.29 is 9.47 Å².